The number of carbonyl (C=O) groups excluding carboxylic acids is 1. The van der Waals surface area contributed by atoms with E-state index in [0.717, 1.165) is 18.5 Å². The maximum atomic E-state index is 11.2. The molecule has 0 aromatic carbocycles. The van der Waals surface area contributed by atoms with Crippen molar-refractivity contribution in [2.75, 3.05) is 18.0 Å². The fraction of sp³-hybridized carbons (Fsp3) is 0.500. The Hall–Kier alpha value is -1.45. The zero-order chi connectivity index (χ0) is 9.97. The number of Topliss-reactive ketones (excluding diaryl/α,β-unsaturated/α-hetero) is 1. The predicted octanol–water partition coefficient (Wildman–Crippen LogP) is 0.954. The van der Waals surface area contributed by atoms with Crippen LogP contribution < -0.4 is 4.90 Å². The van der Waals surface area contributed by atoms with Crippen LogP contribution in [0.3, 0.4) is 0 Å². The summed E-state index contributed by atoms with van der Waals surface area (Å²) in [6.45, 7) is 3.29. The molecule has 1 aliphatic heterocycles. The summed E-state index contributed by atoms with van der Waals surface area (Å²) in [4.78, 5) is 21.6. The van der Waals surface area contributed by atoms with Gasteiger partial charge in [-0.05, 0) is 18.9 Å². The second-order valence-electron chi connectivity index (χ2n) is 3.62. The van der Waals surface area contributed by atoms with E-state index in [1.165, 1.54) is 0 Å². The molecule has 0 amide bonds. The molecule has 0 radical (unpaired) electrons. The van der Waals surface area contributed by atoms with Crippen LogP contribution in [0, 0.1) is 6.92 Å². The van der Waals surface area contributed by atoms with Crippen molar-refractivity contribution in [1.82, 2.24) is 9.97 Å². The van der Waals surface area contributed by atoms with Crippen LogP contribution in [0.4, 0.5) is 5.95 Å². The quantitative estimate of drug-likeness (QED) is 0.663. The summed E-state index contributed by atoms with van der Waals surface area (Å²) in [7, 11) is 0. The highest BCUT2D eigenvalue weighted by atomic mass is 16.1. The molecular formula is C10H13N3O. The minimum Gasteiger partial charge on any atom is -0.333 e. The molecule has 1 aromatic heterocycles. The Labute approximate surface area is 83.0 Å². The van der Waals surface area contributed by atoms with Gasteiger partial charge in [-0.15, -0.1) is 0 Å². The average molecular weight is 191 g/mol. The van der Waals surface area contributed by atoms with Crippen molar-refractivity contribution in [3.63, 3.8) is 0 Å². The molecule has 1 aliphatic rings. The number of hydrogen-bond donors (Lipinski definition) is 0. The van der Waals surface area contributed by atoms with Gasteiger partial charge in [0.2, 0.25) is 5.95 Å². The molecule has 1 aromatic rings. The molecule has 2 heterocycles. The standard InChI is InChI=1S/C10H13N3O/c1-8-5-11-10(12-6-8)13-4-2-3-9(14)7-13/h5-6H,2-4,7H2,1H3. The number of ketones is 1. The highest BCUT2D eigenvalue weighted by Gasteiger charge is 2.18. The fourth-order valence-electron chi connectivity index (χ4n) is 1.56. The lowest BCUT2D eigenvalue weighted by molar-refractivity contribution is -0.118. The van der Waals surface area contributed by atoms with Gasteiger partial charge in [0, 0.05) is 25.4 Å². The number of aryl methyl sites for hydroxylation is 1. The zero-order valence-electron chi connectivity index (χ0n) is 8.23. The van der Waals surface area contributed by atoms with Crippen molar-refractivity contribution in [3.8, 4) is 0 Å². The van der Waals surface area contributed by atoms with Gasteiger partial charge < -0.3 is 4.90 Å². The Morgan fingerprint density at radius 2 is 2.07 bits per heavy atom. The summed E-state index contributed by atoms with van der Waals surface area (Å²) in [5.41, 5.74) is 1.04. The minimum absolute atomic E-state index is 0.278. The number of rotatable bonds is 1. The Morgan fingerprint density at radius 1 is 1.36 bits per heavy atom. The topological polar surface area (TPSA) is 46.1 Å². The number of anilines is 1. The molecule has 2 rings (SSSR count). The largest absolute Gasteiger partial charge is 0.333 e. The minimum atomic E-state index is 0.278. The van der Waals surface area contributed by atoms with Crippen LogP contribution in [0.25, 0.3) is 0 Å². The Kier molecular flexibility index (Phi) is 2.43. The van der Waals surface area contributed by atoms with Crippen LogP contribution in [-0.4, -0.2) is 28.8 Å². The summed E-state index contributed by atoms with van der Waals surface area (Å²) in [6, 6.07) is 0. The van der Waals surface area contributed by atoms with Gasteiger partial charge in [0.15, 0.2) is 5.78 Å². The third kappa shape index (κ3) is 1.89. The molecule has 4 heteroatoms. The third-order valence-corrected chi connectivity index (χ3v) is 2.30. The van der Waals surface area contributed by atoms with Crippen LogP contribution in [0.2, 0.25) is 0 Å². The maximum absolute atomic E-state index is 11.2. The monoisotopic (exact) mass is 191 g/mol. The molecule has 0 atom stereocenters. The van der Waals surface area contributed by atoms with Gasteiger partial charge in [0.1, 0.15) is 0 Å². The van der Waals surface area contributed by atoms with Gasteiger partial charge in [-0.2, -0.15) is 0 Å². The van der Waals surface area contributed by atoms with Gasteiger partial charge >= 0.3 is 0 Å². The summed E-state index contributed by atoms with van der Waals surface area (Å²) < 4.78 is 0. The Bertz CT molecular complexity index is 334. The van der Waals surface area contributed by atoms with Crippen LogP contribution in [0.15, 0.2) is 12.4 Å². The zero-order valence-corrected chi connectivity index (χ0v) is 8.23. The summed E-state index contributed by atoms with van der Waals surface area (Å²) >= 11 is 0. The van der Waals surface area contributed by atoms with Crippen molar-refractivity contribution in [1.29, 1.82) is 0 Å². The fourth-order valence-corrected chi connectivity index (χ4v) is 1.56. The first-order valence-corrected chi connectivity index (χ1v) is 4.81. The average Bonchev–Trinajstić information content (AvgIpc) is 2.19. The molecular weight excluding hydrogens is 178 g/mol. The van der Waals surface area contributed by atoms with Gasteiger partial charge in [-0.25, -0.2) is 9.97 Å². The lowest BCUT2D eigenvalue weighted by Gasteiger charge is -2.25. The second-order valence-corrected chi connectivity index (χ2v) is 3.62. The smallest absolute Gasteiger partial charge is 0.225 e. The molecule has 1 saturated heterocycles. The molecule has 4 nitrogen and oxygen atoms in total. The number of nitrogens with zero attached hydrogens (tertiary/aromatic N) is 3. The normalized spacial score (nSPS) is 17.2. The van der Waals surface area contributed by atoms with E-state index in [2.05, 4.69) is 9.97 Å². The van der Waals surface area contributed by atoms with E-state index in [1.54, 1.807) is 12.4 Å². The van der Waals surface area contributed by atoms with Crippen LogP contribution in [-0.2, 0) is 4.79 Å². The molecule has 0 unspecified atom stereocenters. The first-order valence-electron chi connectivity index (χ1n) is 4.81. The van der Waals surface area contributed by atoms with Crippen molar-refractivity contribution in [2.24, 2.45) is 0 Å². The highest BCUT2D eigenvalue weighted by molar-refractivity contribution is 5.84. The van der Waals surface area contributed by atoms with E-state index in [9.17, 15) is 4.79 Å². The Balaban J connectivity index is 2.14. The predicted molar refractivity (Wildman–Crippen MR) is 53.2 cm³/mol. The molecule has 0 aliphatic carbocycles. The van der Waals surface area contributed by atoms with Crippen LogP contribution in [0.1, 0.15) is 18.4 Å². The van der Waals surface area contributed by atoms with Gasteiger partial charge in [-0.3, -0.25) is 4.79 Å². The van der Waals surface area contributed by atoms with E-state index in [4.69, 9.17) is 0 Å². The second kappa shape index (κ2) is 3.74. The number of piperidine rings is 1. The van der Waals surface area contributed by atoms with Crippen molar-refractivity contribution >= 4 is 11.7 Å². The van der Waals surface area contributed by atoms with E-state index in [-0.39, 0.29) is 5.78 Å². The lowest BCUT2D eigenvalue weighted by atomic mass is 10.1. The third-order valence-electron chi connectivity index (χ3n) is 2.30. The highest BCUT2D eigenvalue weighted by Crippen LogP contribution is 2.12. The summed E-state index contributed by atoms with van der Waals surface area (Å²) in [6.07, 6.45) is 5.17. The molecule has 0 saturated carbocycles. The first kappa shape index (κ1) is 9.12. The van der Waals surface area contributed by atoms with Crippen molar-refractivity contribution in [2.45, 2.75) is 19.8 Å². The van der Waals surface area contributed by atoms with Crippen LogP contribution >= 0.6 is 0 Å². The van der Waals surface area contributed by atoms with E-state index < -0.39 is 0 Å². The number of aromatic nitrogens is 2. The molecule has 0 bridgehead atoms. The lowest BCUT2D eigenvalue weighted by Crippen LogP contribution is -2.36. The SMILES string of the molecule is Cc1cnc(N2CCCC(=O)C2)nc1. The van der Waals surface area contributed by atoms with E-state index in [0.29, 0.717) is 18.9 Å². The van der Waals surface area contributed by atoms with Gasteiger partial charge in [-0.1, -0.05) is 0 Å². The number of carbonyl (C=O) groups is 1. The summed E-state index contributed by atoms with van der Waals surface area (Å²) in [5.74, 6) is 0.948. The first-order chi connectivity index (χ1) is 6.75. The maximum Gasteiger partial charge on any atom is 0.225 e. The van der Waals surface area contributed by atoms with Crippen molar-refractivity contribution in [3.05, 3.63) is 18.0 Å². The van der Waals surface area contributed by atoms with Gasteiger partial charge in [0.05, 0.1) is 6.54 Å². The van der Waals surface area contributed by atoms with E-state index in [1.807, 2.05) is 11.8 Å². The van der Waals surface area contributed by atoms with Crippen LogP contribution in [0.5, 0.6) is 0 Å². The molecule has 1 fully saturated rings. The molecule has 14 heavy (non-hydrogen) atoms. The van der Waals surface area contributed by atoms with Gasteiger partial charge in [0.25, 0.3) is 0 Å². The molecule has 0 N–H and O–H groups in total. The molecule has 0 spiro atoms. The number of hydrogen-bond acceptors (Lipinski definition) is 4. The summed E-state index contributed by atoms with van der Waals surface area (Å²) in [5, 5.41) is 0. The Morgan fingerprint density at radius 3 is 2.71 bits per heavy atom. The molecule has 74 valence electrons. The van der Waals surface area contributed by atoms with Crippen molar-refractivity contribution < 1.29 is 4.79 Å². The van der Waals surface area contributed by atoms with E-state index >= 15 is 0 Å².